The summed E-state index contributed by atoms with van der Waals surface area (Å²) >= 11 is 3.13. The highest BCUT2D eigenvalue weighted by atomic mass is 32.2. The van der Waals surface area contributed by atoms with E-state index in [0.29, 0.717) is 18.9 Å². The molecule has 21 heavy (non-hydrogen) atoms. The van der Waals surface area contributed by atoms with Gasteiger partial charge in [0.2, 0.25) is 5.91 Å². The molecule has 1 heterocycles. The fourth-order valence-electron chi connectivity index (χ4n) is 1.73. The largest absolute Gasteiger partial charge is 0.465 e. The van der Waals surface area contributed by atoms with Gasteiger partial charge in [0.25, 0.3) is 0 Å². The first-order chi connectivity index (χ1) is 10.1. The average Bonchev–Trinajstić information content (AvgIpc) is 2.84. The summed E-state index contributed by atoms with van der Waals surface area (Å²) in [5, 5.41) is 3.04. The topological polar surface area (TPSA) is 59.5 Å². The maximum absolute atomic E-state index is 12.1. The van der Waals surface area contributed by atoms with Crippen LogP contribution >= 0.6 is 23.1 Å². The van der Waals surface area contributed by atoms with E-state index in [4.69, 9.17) is 4.74 Å². The third kappa shape index (κ3) is 6.95. The number of aryl methyl sites for hydroxylation is 1. The number of carbonyl (C=O) groups excluding carboxylic acids is 2. The van der Waals surface area contributed by atoms with Crippen molar-refractivity contribution in [2.75, 3.05) is 25.4 Å². The number of esters is 1. The molecule has 0 aliphatic carbocycles. The van der Waals surface area contributed by atoms with Crippen LogP contribution in [0.1, 0.15) is 31.0 Å². The summed E-state index contributed by atoms with van der Waals surface area (Å²) in [4.78, 5) is 29.6. The third-order valence-corrected chi connectivity index (χ3v) is 4.39. The van der Waals surface area contributed by atoms with Gasteiger partial charge in [-0.3, -0.25) is 9.59 Å². The molecule has 0 aromatic carbocycles. The van der Waals surface area contributed by atoms with Gasteiger partial charge in [-0.05, 0) is 20.3 Å². The van der Waals surface area contributed by atoms with E-state index in [1.54, 1.807) is 23.2 Å². The Morgan fingerprint density at radius 1 is 1.43 bits per heavy atom. The van der Waals surface area contributed by atoms with Crippen molar-refractivity contribution in [3.05, 3.63) is 16.1 Å². The highest BCUT2D eigenvalue weighted by Gasteiger charge is 2.17. The summed E-state index contributed by atoms with van der Waals surface area (Å²) in [5.74, 6) is 0.701. The number of ether oxygens (including phenoxy) is 1. The molecule has 0 fully saturated rings. The van der Waals surface area contributed by atoms with Gasteiger partial charge in [0, 0.05) is 17.7 Å². The van der Waals surface area contributed by atoms with Gasteiger partial charge in [0.15, 0.2) is 0 Å². The zero-order valence-electron chi connectivity index (χ0n) is 12.8. The maximum Gasteiger partial charge on any atom is 0.325 e. The van der Waals surface area contributed by atoms with E-state index in [9.17, 15) is 9.59 Å². The molecule has 0 unspecified atom stereocenters. The molecule has 0 atom stereocenters. The Kier molecular flexibility index (Phi) is 8.37. The lowest BCUT2D eigenvalue weighted by molar-refractivity contribution is -0.148. The minimum absolute atomic E-state index is 0.0261. The summed E-state index contributed by atoms with van der Waals surface area (Å²) in [6.45, 7) is 6.66. The van der Waals surface area contributed by atoms with E-state index in [2.05, 4.69) is 4.98 Å². The third-order valence-electron chi connectivity index (χ3n) is 2.61. The number of amides is 1. The van der Waals surface area contributed by atoms with Crippen LogP contribution < -0.4 is 0 Å². The number of thiazole rings is 1. The Bertz CT molecular complexity index is 463. The molecule has 1 aromatic rings. The monoisotopic (exact) mass is 330 g/mol. The Labute approximate surface area is 134 Å². The minimum atomic E-state index is -0.348. The van der Waals surface area contributed by atoms with Crippen LogP contribution in [0.25, 0.3) is 0 Å². The van der Waals surface area contributed by atoms with Crippen LogP contribution in [0.4, 0.5) is 0 Å². The van der Waals surface area contributed by atoms with Crippen molar-refractivity contribution in [2.45, 2.75) is 32.9 Å². The van der Waals surface area contributed by atoms with E-state index in [-0.39, 0.29) is 18.4 Å². The molecular weight excluding hydrogens is 308 g/mol. The van der Waals surface area contributed by atoms with Crippen LogP contribution in [-0.2, 0) is 20.1 Å². The number of thioether (sulfide) groups is 1. The first kappa shape index (κ1) is 18.0. The number of hydrogen-bond donors (Lipinski definition) is 0. The molecule has 0 saturated carbocycles. The normalized spacial score (nSPS) is 10.4. The van der Waals surface area contributed by atoms with Crippen molar-refractivity contribution in [3.8, 4) is 0 Å². The van der Waals surface area contributed by atoms with Gasteiger partial charge in [-0.15, -0.1) is 23.1 Å². The molecule has 0 N–H and O–H groups in total. The smallest absolute Gasteiger partial charge is 0.325 e. The van der Waals surface area contributed by atoms with Crippen LogP contribution in [0.15, 0.2) is 5.38 Å². The highest BCUT2D eigenvalue weighted by molar-refractivity contribution is 7.99. The van der Waals surface area contributed by atoms with Crippen molar-refractivity contribution in [1.29, 1.82) is 0 Å². The molecule has 0 saturated heterocycles. The van der Waals surface area contributed by atoms with Crippen LogP contribution in [-0.4, -0.2) is 47.2 Å². The lowest BCUT2D eigenvalue weighted by atomic mass is 10.4. The molecular formula is C14H22N2O3S2. The molecule has 7 heteroatoms. The summed E-state index contributed by atoms with van der Waals surface area (Å²) < 4.78 is 4.90. The second-order valence-electron chi connectivity index (χ2n) is 4.47. The molecule has 118 valence electrons. The molecule has 0 bridgehead atoms. The first-order valence-corrected chi connectivity index (χ1v) is 9.02. The van der Waals surface area contributed by atoms with E-state index in [1.807, 2.05) is 19.2 Å². The van der Waals surface area contributed by atoms with Crippen molar-refractivity contribution in [2.24, 2.45) is 0 Å². The van der Waals surface area contributed by atoms with Gasteiger partial charge in [0.05, 0.1) is 23.1 Å². The fraction of sp³-hybridized carbons (Fsp3) is 0.643. The van der Waals surface area contributed by atoms with Crippen molar-refractivity contribution in [1.82, 2.24) is 9.88 Å². The van der Waals surface area contributed by atoms with E-state index >= 15 is 0 Å². The van der Waals surface area contributed by atoms with E-state index < -0.39 is 0 Å². The Hall–Kier alpha value is -1.08. The highest BCUT2D eigenvalue weighted by Crippen LogP contribution is 2.15. The maximum atomic E-state index is 12.1. The van der Waals surface area contributed by atoms with Gasteiger partial charge >= 0.3 is 5.97 Å². The second kappa shape index (κ2) is 9.78. The molecule has 0 spiro atoms. The Morgan fingerprint density at radius 2 is 2.19 bits per heavy atom. The van der Waals surface area contributed by atoms with Crippen LogP contribution in [0.3, 0.4) is 0 Å². The van der Waals surface area contributed by atoms with Gasteiger partial charge in [-0.2, -0.15) is 0 Å². The van der Waals surface area contributed by atoms with Crippen molar-refractivity contribution < 1.29 is 14.3 Å². The quantitative estimate of drug-likeness (QED) is 0.651. The second-order valence-corrected chi connectivity index (χ2v) is 6.52. The SMILES string of the molecule is CCCN(CC(=O)OCC)C(=O)CSCc1csc(C)n1. The van der Waals surface area contributed by atoms with Gasteiger partial charge < -0.3 is 9.64 Å². The molecule has 5 nitrogen and oxygen atoms in total. The molecule has 0 radical (unpaired) electrons. The Morgan fingerprint density at radius 3 is 2.76 bits per heavy atom. The number of carbonyl (C=O) groups is 2. The lowest BCUT2D eigenvalue weighted by Gasteiger charge is -2.20. The molecule has 1 rings (SSSR count). The fourth-order valence-corrected chi connectivity index (χ4v) is 3.27. The van der Waals surface area contributed by atoms with Gasteiger partial charge in [-0.1, -0.05) is 6.92 Å². The van der Waals surface area contributed by atoms with E-state index in [0.717, 1.165) is 22.9 Å². The summed E-state index contributed by atoms with van der Waals surface area (Å²) in [6.07, 6.45) is 0.821. The number of hydrogen-bond acceptors (Lipinski definition) is 6. The van der Waals surface area contributed by atoms with Crippen LogP contribution in [0.5, 0.6) is 0 Å². The summed E-state index contributed by atoms with van der Waals surface area (Å²) in [5.41, 5.74) is 1.00. The zero-order chi connectivity index (χ0) is 15.7. The van der Waals surface area contributed by atoms with Crippen molar-refractivity contribution >= 4 is 35.0 Å². The predicted molar refractivity (Wildman–Crippen MR) is 86.5 cm³/mol. The molecule has 1 amide bonds. The number of aromatic nitrogens is 1. The number of rotatable bonds is 9. The molecule has 0 aliphatic heterocycles. The first-order valence-electron chi connectivity index (χ1n) is 6.99. The van der Waals surface area contributed by atoms with Crippen molar-refractivity contribution in [3.63, 3.8) is 0 Å². The summed E-state index contributed by atoms with van der Waals surface area (Å²) in [7, 11) is 0. The zero-order valence-corrected chi connectivity index (χ0v) is 14.4. The van der Waals surface area contributed by atoms with Crippen LogP contribution in [0, 0.1) is 6.92 Å². The predicted octanol–water partition coefficient (Wildman–Crippen LogP) is 2.49. The van der Waals surface area contributed by atoms with E-state index in [1.165, 1.54) is 11.8 Å². The van der Waals surface area contributed by atoms with Crippen LogP contribution in [0.2, 0.25) is 0 Å². The molecule has 1 aromatic heterocycles. The van der Waals surface area contributed by atoms with Gasteiger partial charge in [-0.25, -0.2) is 4.98 Å². The minimum Gasteiger partial charge on any atom is -0.465 e. The Balaban J connectivity index is 2.39. The average molecular weight is 330 g/mol. The molecule has 0 aliphatic rings. The summed E-state index contributed by atoms with van der Waals surface area (Å²) in [6, 6.07) is 0. The van der Waals surface area contributed by atoms with Gasteiger partial charge in [0.1, 0.15) is 6.54 Å². The lowest BCUT2D eigenvalue weighted by Crippen LogP contribution is -2.38. The standard InChI is InChI=1S/C14H22N2O3S2/c1-4-6-16(7-14(18)19-5-2)13(17)10-20-8-12-9-21-11(3)15-12/h9H,4-8,10H2,1-3H3. The number of nitrogens with zero attached hydrogens (tertiary/aromatic N) is 2.